The highest BCUT2D eigenvalue weighted by atomic mass is 32.2. The first-order chi connectivity index (χ1) is 5.75. The zero-order valence-electron chi connectivity index (χ0n) is 7.45. The average molecular weight is 188 g/mol. The van der Waals surface area contributed by atoms with E-state index >= 15 is 0 Å². The molecule has 3 heteroatoms. The van der Waals surface area contributed by atoms with Crippen LogP contribution in [0.25, 0.3) is 0 Å². The Morgan fingerprint density at radius 1 is 1.58 bits per heavy atom. The summed E-state index contributed by atoms with van der Waals surface area (Å²) in [6, 6.07) is 0. The molecule has 1 rings (SSSR count). The Labute approximate surface area is 77.7 Å². The molecule has 1 heterocycles. The summed E-state index contributed by atoms with van der Waals surface area (Å²) in [6.45, 7) is 2.15. The van der Waals surface area contributed by atoms with Crippen LogP contribution in [0.1, 0.15) is 26.2 Å². The summed E-state index contributed by atoms with van der Waals surface area (Å²) in [6.07, 6.45) is 3.45. The highest BCUT2D eigenvalue weighted by Gasteiger charge is 2.32. The largest absolute Gasteiger partial charge is 0.481 e. The predicted molar refractivity (Wildman–Crippen MR) is 51.5 cm³/mol. The summed E-state index contributed by atoms with van der Waals surface area (Å²) in [5.74, 6) is 1.65. The average Bonchev–Trinajstić information content (AvgIpc) is 2.48. The fourth-order valence-electron chi connectivity index (χ4n) is 1.62. The first-order valence-corrected chi connectivity index (χ1v) is 5.71. The number of carboxylic acids is 1. The van der Waals surface area contributed by atoms with E-state index in [-0.39, 0.29) is 5.92 Å². The van der Waals surface area contributed by atoms with Crippen molar-refractivity contribution >= 4 is 17.7 Å². The van der Waals surface area contributed by atoms with Crippen LogP contribution in [0.3, 0.4) is 0 Å². The van der Waals surface area contributed by atoms with E-state index in [1.54, 1.807) is 11.8 Å². The van der Waals surface area contributed by atoms with Crippen molar-refractivity contribution in [3.63, 3.8) is 0 Å². The van der Waals surface area contributed by atoms with Crippen molar-refractivity contribution in [1.82, 2.24) is 0 Å². The Kier molecular flexibility index (Phi) is 3.92. The summed E-state index contributed by atoms with van der Waals surface area (Å²) in [4.78, 5) is 10.8. The van der Waals surface area contributed by atoms with E-state index in [0.29, 0.717) is 5.92 Å². The third-order valence-corrected chi connectivity index (χ3v) is 3.70. The highest BCUT2D eigenvalue weighted by Crippen LogP contribution is 2.33. The minimum absolute atomic E-state index is 0.0680. The summed E-state index contributed by atoms with van der Waals surface area (Å²) in [5.41, 5.74) is 0. The monoisotopic (exact) mass is 188 g/mol. The summed E-state index contributed by atoms with van der Waals surface area (Å²) >= 11 is 1.79. The van der Waals surface area contributed by atoms with Gasteiger partial charge in [-0.05, 0) is 18.1 Å². The van der Waals surface area contributed by atoms with Crippen LogP contribution in [0.2, 0.25) is 0 Å². The molecule has 0 radical (unpaired) electrons. The maximum Gasteiger partial charge on any atom is 0.307 e. The van der Waals surface area contributed by atoms with Gasteiger partial charge < -0.3 is 5.11 Å². The topological polar surface area (TPSA) is 37.3 Å². The van der Waals surface area contributed by atoms with Gasteiger partial charge in [-0.3, -0.25) is 4.79 Å². The van der Waals surface area contributed by atoms with Crippen molar-refractivity contribution in [3.8, 4) is 0 Å². The zero-order valence-corrected chi connectivity index (χ0v) is 8.27. The molecule has 0 bridgehead atoms. The second-order valence-electron chi connectivity index (χ2n) is 3.38. The molecular weight excluding hydrogens is 172 g/mol. The van der Waals surface area contributed by atoms with Gasteiger partial charge in [-0.2, -0.15) is 11.8 Å². The van der Waals surface area contributed by atoms with E-state index in [1.165, 1.54) is 12.8 Å². The second-order valence-corrected chi connectivity index (χ2v) is 4.46. The van der Waals surface area contributed by atoms with Crippen LogP contribution in [-0.2, 0) is 4.79 Å². The van der Waals surface area contributed by atoms with E-state index < -0.39 is 5.97 Å². The fraction of sp³-hybridized carbons (Fsp3) is 0.889. The molecule has 1 aliphatic heterocycles. The lowest BCUT2D eigenvalue weighted by molar-refractivity contribution is -0.142. The van der Waals surface area contributed by atoms with Crippen LogP contribution in [0, 0.1) is 11.8 Å². The first-order valence-electron chi connectivity index (χ1n) is 4.56. The number of rotatable bonds is 4. The normalized spacial score (nSPS) is 29.1. The van der Waals surface area contributed by atoms with Gasteiger partial charge in [-0.1, -0.05) is 19.8 Å². The molecule has 70 valence electrons. The van der Waals surface area contributed by atoms with Crippen molar-refractivity contribution < 1.29 is 9.90 Å². The number of carboxylic acid groups (broad SMARTS) is 1. The van der Waals surface area contributed by atoms with Gasteiger partial charge in [0.2, 0.25) is 0 Å². The molecule has 1 N–H and O–H groups in total. The van der Waals surface area contributed by atoms with Crippen molar-refractivity contribution in [2.75, 3.05) is 11.5 Å². The molecule has 0 saturated carbocycles. The molecule has 2 nitrogen and oxygen atoms in total. The lowest BCUT2D eigenvalue weighted by atomic mass is 9.91. The molecule has 12 heavy (non-hydrogen) atoms. The minimum Gasteiger partial charge on any atom is -0.481 e. The fourth-order valence-corrected chi connectivity index (χ4v) is 3.13. The Balaban J connectivity index is 2.35. The van der Waals surface area contributed by atoms with Gasteiger partial charge in [0.25, 0.3) is 0 Å². The van der Waals surface area contributed by atoms with Gasteiger partial charge in [0.1, 0.15) is 0 Å². The lowest BCUT2D eigenvalue weighted by Crippen LogP contribution is -2.21. The molecule has 0 unspecified atom stereocenters. The third kappa shape index (κ3) is 2.41. The SMILES string of the molecule is CCCC[C@@H]1CSC[C@H]1C(=O)O. The van der Waals surface area contributed by atoms with E-state index in [9.17, 15) is 4.79 Å². The second kappa shape index (κ2) is 4.75. The van der Waals surface area contributed by atoms with Crippen LogP contribution in [-0.4, -0.2) is 22.6 Å². The number of hydrogen-bond donors (Lipinski definition) is 1. The molecule has 1 fully saturated rings. The van der Waals surface area contributed by atoms with Crippen molar-refractivity contribution in [2.24, 2.45) is 11.8 Å². The van der Waals surface area contributed by atoms with E-state index in [4.69, 9.17) is 5.11 Å². The summed E-state index contributed by atoms with van der Waals surface area (Å²) in [7, 11) is 0. The third-order valence-electron chi connectivity index (χ3n) is 2.44. The quantitative estimate of drug-likeness (QED) is 0.735. The van der Waals surface area contributed by atoms with Crippen LogP contribution >= 0.6 is 11.8 Å². The number of carbonyl (C=O) groups is 1. The maximum absolute atomic E-state index is 10.8. The molecule has 0 amide bonds. The van der Waals surface area contributed by atoms with Crippen LogP contribution < -0.4 is 0 Å². The van der Waals surface area contributed by atoms with Crippen molar-refractivity contribution in [1.29, 1.82) is 0 Å². The summed E-state index contributed by atoms with van der Waals surface area (Å²) in [5, 5.41) is 8.87. The van der Waals surface area contributed by atoms with Crippen molar-refractivity contribution in [2.45, 2.75) is 26.2 Å². The number of aliphatic carboxylic acids is 1. The smallest absolute Gasteiger partial charge is 0.307 e. The Hall–Kier alpha value is -0.180. The number of unbranched alkanes of at least 4 members (excludes halogenated alkanes) is 1. The molecule has 0 aromatic heterocycles. The van der Waals surface area contributed by atoms with Crippen LogP contribution in [0.5, 0.6) is 0 Å². The van der Waals surface area contributed by atoms with Crippen molar-refractivity contribution in [3.05, 3.63) is 0 Å². The maximum atomic E-state index is 10.8. The Morgan fingerprint density at radius 2 is 2.33 bits per heavy atom. The van der Waals surface area contributed by atoms with Gasteiger partial charge in [0.05, 0.1) is 5.92 Å². The molecule has 0 aromatic rings. The Morgan fingerprint density at radius 3 is 2.92 bits per heavy atom. The molecule has 1 saturated heterocycles. The van der Waals surface area contributed by atoms with Gasteiger partial charge in [-0.15, -0.1) is 0 Å². The van der Waals surface area contributed by atoms with Gasteiger partial charge in [0, 0.05) is 5.75 Å². The first kappa shape index (κ1) is 9.90. The van der Waals surface area contributed by atoms with Gasteiger partial charge in [0.15, 0.2) is 0 Å². The Bertz CT molecular complexity index is 159. The molecule has 1 aliphatic rings. The molecule has 0 spiro atoms. The molecule has 2 atom stereocenters. The van der Waals surface area contributed by atoms with Crippen LogP contribution in [0.15, 0.2) is 0 Å². The lowest BCUT2D eigenvalue weighted by Gasteiger charge is -2.13. The number of hydrogen-bond acceptors (Lipinski definition) is 2. The predicted octanol–water partition coefficient (Wildman–Crippen LogP) is 2.24. The highest BCUT2D eigenvalue weighted by molar-refractivity contribution is 7.99. The van der Waals surface area contributed by atoms with Gasteiger partial charge in [-0.25, -0.2) is 0 Å². The van der Waals surface area contributed by atoms with Crippen LogP contribution in [0.4, 0.5) is 0 Å². The van der Waals surface area contributed by atoms with E-state index in [0.717, 1.165) is 17.9 Å². The number of thioether (sulfide) groups is 1. The molecule has 0 aromatic carbocycles. The summed E-state index contributed by atoms with van der Waals surface area (Å²) < 4.78 is 0. The standard InChI is InChI=1S/C9H16O2S/c1-2-3-4-7-5-12-6-8(7)9(10)11/h7-8H,2-6H2,1H3,(H,10,11)/t7-,8-/m1/s1. The molecule has 0 aliphatic carbocycles. The minimum atomic E-state index is -0.596. The van der Waals surface area contributed by atoms with E-state index in [1.807, 2.05) is 0 Å². The van der Waals surface area contributed by atoms with Gasteiger partial charge >= 0.3 is 5.97 Å². The molecular formula is C9H16O2S. The van der Waals surface area contributed by atoms with E-state index in [2.05, 4.69) is 6.92 Å². The zero-order chi connectivity index (χ0) is 8.97.